The Morgan fingerprint density at radius 3 is 2.46 bits per heavy atom. The molecule has 0 saturated heterocycles. The molecule has 0 radical (unpaired) electrons. The first-order valence-corrected chi connectivity index (χ1v) is 8.36. The molecule has 124 valence electrons. The Labute approximate surface area is 143 Å². The number of hydrogen-bond donors (Lipinski definition) is 1. The third-order valence-corrected chi connectivity index (χ3v) is 5.23. The molecule has 0 unspecified atom stereocenters. The minimum absolute atomic E-state index is 0.181. The maximum atomic E-state index is 12.5. The highest BCUT2D eigenvalue weighted by atomic mass is 32.1. The van der Waals surface area contributed by atoms with Gasteiger partial charge in [-0.15, -0.1) is 21.5 Å². The van der Waals surface area contributed by atoms with Crippen molar-refractivity contribution in [1.82, 2.24) is 10.2 Å². The Bertz CT molecular complexity index is 872. The second-order valence-corrected chi connectivity index (χ2v) is 6.88. The summed E-state index contributed by atoms with van der Waals surface area (Å²) >= 11 is 1.57. The third kappa shape index (κ3) is 3.46. The molecule has 0 atom stereocenters. The summed E-state index contributed by atoms with van der Waals surface area (Å²) < 4.78 is 37.5. The number of anilines is 1. The highest BCUT2D eigenvalue weighted by molar-refractivity contribution is 7.18. The highest BCUT2D eigenvalue weighted by Crippen LogP contribution is 2.35. The topological polar surface area (TPSA) is 54.9 Å². The Morgan fingerprint density at radius 1 is 1.12 bits per heavy atom. The molecule has 1 aromatic carbocycles. The minimum atomic E-state index is -4.57. The third-order valence-electron chi connectivity index (χ3n) is 3.07. The number of thiophene rings is 1. The van der Waals surface area contributed by atoms with E-state index in [2.05, 4.69) is 15.5 Å². The molecule has 9 heteroatoms. The summed E-state index contributed by atoms with van der Waals surface area (Å²) in [7, 11) is 0. The van der Waals surface area contributed by atoms with Gasteiger partial charge < -0.3 is 0 Å². The van der Waals surface area contributed by atoms with Crippen molar-refractivity contribution < 1.29 is 18.0 Å². The van der Waals surface area contributed by atoms with Gasteiger partial charge in [-0.2, -0.15) is 13.2 Å². The predicted octanol–water partition coefficient (Wildman–Crippen LogP) is 4.85. The fraction of sp³-hybridized carbons (Fsp3) is 0.133. The van der Waals surface area contributed by atoms with Gasteiger partial charge in [-0.05, 0) is 24.1 Å². The number of rotatable bonds is 3. The van der Waals surface area contributed by atoms with E-state index in [9.17, 15) is 18.0 Å². The van der Waals surface area contributed by atoms with Gasteiger partial charge in [0.15, 0.2) is 0 Å². The van der Waals surface area contributed by atoms with Gasteiger partial charge in [0, 0.05) is 4.88 Å². The van der Waals surface area contributed by atoms with Crippen LogP contribution >= 0.6 is 22.7 Å². The largest absolute Gasteiger partial charge is 0.445 e. The van der Waals surface area contributed by atoms with Crippen LogP contribution in [0.15, 0.2) is 36.4 Å². The van der Waals surface area contributed by atoms with Crippen LogP contribution in [0.4, 0.5) is 18.3 Å². The summed E-state index contributed by atoms with van der Waals surface area (Å²) in [4.78, 5) is 13.6. The van der Waals surface area contributed by atoms with Gasteiger partial charge in [0.05, 0.1) is 4.88 Å². The van der Waals surface area contributed by atoms with E-state index in [-0.39, 0.29) is 5.13 Å². The Hall–Kier alpha value is -2.26. The summed E-state index contributed by atoms with van der Waals surface area (Å²) in [5, 5.41) is 7.48. The number of carbonyl (C=O) groups excluding carboxylic acids is 1. The van der Waals surface area contributed by atoms with Crippen LogP contribution in [0.25, 0.3) is 10.4 Å². The lowest BCUT2D eigenvalue weighted by Gasteiger charge is -1.99. The number of hydrogen-bond acceptors (Lipinski definition) is 5. The van der Waals surface area contributed by atoms with Crippen molar-refractivity contribution >= 4 is 33.7 Å². The smallest absolute Gasteiger partial charge is 0.296 e. The van der Waals surface area contributed by atoms with E-state index in [4.69, 9.17) is 0 Å². The van der Waals surface area contributed by atoms with Gasteiger partial charge >= 0.3 is 6.18 Å². The zero-order chi connectivity index (χ0) is 17.3. The predicted molar refractivity (Wildman–Crippen MR) is 87.4 cm³/mol. The first-order chi connectivity index (χ1) is 11.3. The molecule has 0 fully saturated rings. The lowest BCUT2D eigenvalue weighted by molar-refractivity contribution is -0.138. The lowest BCUT2D eigenvalue weighted by Crippen LogP contribution is -2.09. The van der Waals surface area contributed by atoms with Crippen LogP contribution in [0.3, 0.4) is 0 Å². The van der Waals surface area contributed by atoms with E-state index in [0.29, 0.717) is 16.2 Å². The van der Waals surface area contributed by atoms with E-state index in [1.54, 1.807) is 6.07 Å². The molecule has 3 rings (SSSR count). The molecule has 2 heterocycles. The van der Waals surface area contributed by atoms with Crippen molar-refractivity contribution in [1.29, 1.82) is 0 Å². The number of aryl methyl sites for hydroxylation is 1. The van der Waals surface area contributed by atoms with E-state index in [0.717, 1.165) is 16.0 Å². The Kier molecular flexibility index (Phi) is 4.37. The summed E-state index contributed by atoms with van der Waals surface area (Å²) in [6, 6.07) is 11.3. The number of carbonyl (C=O) groups is 1. The number of amides is 1. The molecule has 3 aromatic rings. The fourth-order valence-corrected chi connectivity index (χ4v) is 3.70. The average molecular weight is 369 g/mol. The summed E-state index contributed by atoms with van der Waals surface area (Å²) in [5.41, 5.74) is 1.90. The molecule has 2 aromatic heterocycles. The maximum absolute atomic E-state index is 12.5. The number of halogens is 3. The van der Waals surface area contributed by atoms with Gasteiger partial charge in [-0.3, -0.25) is 10.1 Å². The summed E-state index contributed by atoms with van der Waals surface area (Å²) in [6.07, 6.45) is -4.57. The van der Waals surface area contributed by atoms with Gasteiger partial charge in [0.1, 0.15) is 0 Å². The number of benzene rings is 1. The Balaban J connectivity index is 1.80. The van der Waals surface area contributed by atoms with Crippen LogP contribution in [0.1, 0.15) is 20.2 Å². The molecule has 0 aliphatic heterocycles. The van der Waals surface area contributed by atoms with Crippen molar-refractivity contribution in [2.24, 2.45) is 0 Å². The summed E-state index contributed by atoms with van der Waals surface area (Å²) in [5.74, 6) is -0.504. The molecule has 1 N–H and O–H groups in total. The van der Waals surface area contributed by atoms with Crippen molar-refractivity contribution in [2.45, 2.75) is 13.1 Å². The van der Waals surface area contributed by atoms with Gasteiger partial charge in [0.2, 0.25) is 10.1 Å². The second-order valence-electron chi connectivity index (χ2n) is 4.85. The van der Waals surface area contributed by atoms with Crippen molar-refractivity contribution in [3.05, 3.63) is 51.8 Å². The number of nitrogens with zero attached hydrogens (tertiary/aromatic N) is 2. The molecule has 0 saturated carbocycles. The molecular weight excluding hydrogens is 359 g/mol. The monoisotopic (exact) mass is 369 g/mol. The number of nitrogens with one attached hydrogen (secondary N) is 1. The molecule has 1 amide bonds. The fourth-order valence-electron chi connectivity index (χ4n) is 2.02. The zero-order valence-electron chi connectivity index (χ0n) is 12.2. The maximum Gasteiger partial charge on any atom is 0.445 e. The van der Waals surface area contributed by atoms with Crippen LogP contribution in [0, 0.1) is 6.92 Å². The minimum Gasteiger partial charge on any atom is -0.296 e. The standard InChI is InChI=1S/C15H10F3N3OS2/c1-8-7-10(23-11(8)9-5-3-2-4-6-9)12(22)19-14-21-20-13(24-14)15(16,17)18/h2-7H,1H3,(H,19,21,22). The molecule has 0 bridgehead atoms. The highest BCUT2D eigenvalue weighted by Gasteiger charge is 2.35. The molecule has 0 aliphatic carbocycles. The molecule has 0 aliphatic rings. The van der Waals surface area contributed by atoms with Gasteiger partial charge in [0.25, 0.3) is 5.91 Å². The van der Waals surface area contributed by atoms with Crippen LogP contribution in [0.2, 0.25) is 0 Å². The first kappa shape index (κ1) is 16.6. The Morgan fingerprint density at radius 2 is 1.83 bits per heavy atom. The SMILES string of the molecule is Cc1cc(C(=O)Nc2nnc(C(F)(F)F)s2)sc1-c1ccccc1. The van der Waals surface area contributed by atoms with Crippen molar-refractivity contribution in [2.75, 3.05) is 5.32 Å². The zero-order valence-corrected chi connectivity index (χ0v) is 13.9. The molecule has 24 heavy (non-hydrogen) atoms. The van der Waals surface area contributed by atoms with Crippen LogP contribution in [0.5, 0.6) is 0 Å². The van der Waals surface area contributed by atoms with Crippen LogP contribution in [-0.2, 0) is 6.18 Å². The first-order valence-electron chi connectivity index (χ1n) is 6.72. The quantitative estimate of drug-likeness (QED) is 0.718. The molecule has 4 nitrogen and oxygen atoms in total. The van der Waals surface area contributed by atoms with Crippen LogP contribution in [-0.4, -0.2) is 16.1 Å². The van der Waals surface area contributed by atoms with E-state index in [1.165, 1.54) is 11.3 Å². The molecule has 0 spiro atoms. The van der Waals surface area contributed by atoms with E-state index in [1.807, 2.05) is 37.3 Å². The second kappa shape index (κ2) is 6.33. The van der Waals surface area contributed by atoms with Crippen molar-refractivity contribution in [3.63, 3.8) is 0 Å². The van der Waals surface area contributed by atoms with E-state index < -0.39 is 17.1 Å². The van der Waals surface area contributed by atoms with Crippen molar-refractivity contribution in [3.8, 4) is 10.4 Å². The van der Waals surface area contributed by atoms with Gasteiger partial charge in [-0.25, -0.2) is 0 Å². The average Bonchev–Trinajstić information content (AvgIpc) is 3.14. The van der Waals surface area contributed by atoms with Crippen LogP contribution < -0.4 is 5.32 Å². The number of alkyl halides is 3. The van der Waals surface area contributed by atoms with E-state index >= 15 is 0 Å². The summed E-state index contributed by atoms with van der Waals surface area (Å²) in [6.45, 7) is 1.88. The number of aromatic nitrogens is 2. The molecular formula is C15H10F3N3OS2. The normalized spacial score (nSPS) is 11.5. The van der Waals surface area contributed by atoms with Gasteiger partial charge in [-0.1, -0.05) is 41.7 Å². The lowest BCUT2D eigenvalue weighted by atomic mass is 10.1.